The predicted octanol–water partition coefficient (Wildman–Crippen LogP) is 0.271. The van der Waals surface area contributed by atoms with E-state index in [4.69, 9.17) is 4.74 Å². The molecule has 2 saturated heterocycles. The van der Waals surface area contributed by atoms with Crippen molar-refractivity contribution in [3.8, 4) is 0 Å². The summed E-state index contributed by atoms with van der Waals surface area (Å²) in [6.45, 7) is 6.04. The minimum atomic E-state index is -0.489. The molecule has 2 rings (SSSR count). The van der Waals surface area contributed by atoms with Crippen LogP contribution in [0.2, 0.25) is 0 Å². The Kier molecular flexibility index (Phi) is 5.99. The molecule has 0 aromatic heterocycles. The van der Waals surface area contributed by atoms with Gasteiger partial charge in [-0.3, -0.25) is 9.59 Å². The number of piperidine rings is 1. The molecule has 0 aliphatic carbocycles. The number of ether oxygens (including phenoxy) is 1. The highest BCUT2D eigenvalue weighted by Crippen LogP contribution is 2.17. The fourth-order valence-electron chi connectivity index (χ4n) is 2.98. The van der Waals surface area contributed by atoms with Gasteiger partial charge in [0.1, 0.15) is 6.04 Å². The average Bonchev–Trinajstić information content (AvgIpc) is 2.52. The molecular weight excluding hydrogens is 270 g/mol. The second-order valence-corrected chi connectivity index (χ2v) is 5.96. The standard InChI is InChI=1S/C15H27N3O3/c1-3-7-16-14(19)13-10-21-9-8-18(13)15(20)12-6-4-5-11(2)17-12/h11-13,17H,3-10H2,1-2H3,(H,16,19). The van der Waals surface area contributed by atoms with E-state index in [1.165, 1.54) is 0 Å². The predicted molar refractivity (Wildman–Crippen MR) is 79.9 cm³/mol. The smallest absolute Gasteiger partial charge is 0.245 e. The third-order valence-electron chi connectivity index (χ3n) is 4.18. The van der Waals surface area contributed by atoms with Crippen molar-refractivity contribution < 1.29 is 14.3 Å². The van der Waals surface area contributed by atoms with E-state index in [0.29, 0.717) is 32.3 Å². The molecule has 3 atom stereocenters. The molecule has 6 nitrogen and oxygen atoms in total. The minimum Gasteiger partial charge on any atom is -0.377 e. The molecule has 2 aliphatic rings. The highest BCUT2D eigenvalue weighted by atomic mass is 16.5. The summed E-state index contributed by atoms with van der Waals surface area (Å²) >= 11 is 0. The van der Waals surface area contributed by atoms with Crippen LogP contribution in [0.3, 0.4) is 0 Å². The molecule has 3 unspecified atom stereocenters. The summed E-state index contributed by atoms with van der Waals surface area (Å²) in [7, 11) is 0. The maximum Gasteiger partial charge on any atom is 0.245 e. The summed E-state index contributed by atoms with van der Waals surface area (Å²) in [5.74, 6) is -0.0599. The van der Waals surface area contributed by atoms with E-state index in [1.54, 1.807) is 4.90 Å². The van der Waals surface area contributed by atoms with E-state index >= 15 is 0 Å². The number of amides is 2. The average molecular weight is 297 g/mol. The SMILES string of the molecule is CCCNC(=O)C1COCCN1C(=O)C1CCCC(C)N1. The monoisotopic (exact) mass is 297 g/mol. The second-order valence-electron chi connectivity index (χ2n) is 5.96. The van der Waals surface area contributed by atoms with Gasteiger partial charge in [-0.05, 0) is 32.6 Å². The minimum absolute atomic E-state index is 0.0431. The maximum absolute atomic E-state index is 12.7. The number of rotatable bonds is 4. The van der Waals surface area contributed by atoms with Crippen molar-refractivity contribution in [1.29, 1.82) is 0 Å². The van der Waals surface area contributed by atoms with Gasteiger partial charge >= 0.3 is 0 Å². The van der Waals surface area contributed by atoms with Gasteiger partial charge in [0.2, 0.25) is 11.8 Å². The van der Waals surface area contributed by atoms with Crippen LogP contribution >= 0.6 is 0 Å². The first-order valence-electron chi connectivity index (χ1n) is 8.05. The zero-order chi connectivity index (χ0) is 15.2. The van der Waals surface area contributed by atoms with E-state index in [0.717, 1.165) is 25.7 Å². The first-order chi connectivity index (χ1) is 10.1. The molecule has 2 aliphatic heterocycles. The molecule has 0 aromatic carbocycles. The van der Waals surface area contributed by atoms with E-state index in [9.17, 15) is 9.59 Å². The Labute approximate surface area is 126 Å². The Balaban J connectivity index is 2.00. The number of hydrogen-bond acceptors (Lipinski definition) is 4. The lowest BCUT2D eigenvalue weighted by Crippen LogP contribution is -2.61. The maximum atomic E-state index is 12.7. The molecule has 2 fully saturated rings. The Morgan fingerprint density at radius 1 is 1.38 bits per heavy atom. The molecule has 0 saturated carbocycles. The molecule has 0 spiro atoms. The number of nitrogens with one attached hydrogen (secondary N) is 2. The zero-order valence-electron chi connectivity index (χ0n) is 13.1. The normalized spacial score (nSPS) is 30.0. The summed E-state index contributed by atoms with van der Waals surface area (Å²) in [5, 5.41) is 6.22. The van der Waals surface area contributed by atoms with Crippen molar-refractivity contribution in [3.05, 3.63) is 0 Å². The van der Waals surface area contributed by atoms with Gasteiger partial charge in [-0.2, -0.15) is 0 Å². The Morgan fingerprint density at radius 2 is 2.19 bits per heavy atom. The molecule has 2 heterocycles. The number of morpholine rings is 1. The van der Waals surface area contributed by atoms with E-state index < -0.39 is 6.04 Å². The van der Waals surface area contributed by atoms with Gasteiger partial charge in [0.25, 0.3) is 0 Å². The molecule has 0 aromatic rings. The number of hydrogen-bond donors (Lipinski definition) is 2. The van der Waals surface area contributed by atoms with Crippen molar-refractivity contribution >= 4 is 11.8 Å². The summed E-state index contributed by atoms with van der Waals surface area (Å²) in [5.41, 5.74) is 0. The fraction of sp³-hybridized carbons (Fsp3) is 0.867. The summed E-state index contributed by atoms with van der Waals surface area (Å²) in [6, 6.07) is -0.286. The van der Waals surface area contributed by atoms with Crippen LogP contribution in [-0.2, 0) is 14.3 Å². The lowest BCUT2D eigenvalue weighted by atomic mass is 9.98. The van der Waals surface area contributed by atoms with Crippen molar-refractivity contribution in [2.45, 2.75) is 57.7 Å². The van der Waals surface area contributed by atoms with Gasteiger partial charge in [-0.25, -0.2) is 0 Å². The molecule has 6 heteroatoms. The zero-order valence-corrected chi connectivity index (χ0v) is 13.1. The highest BCUT2D eigenvalue weighted by molar-refractivity contribution is 5.90. The quantitative estimate of drug-likeness (QED) is 0.781. The third kappa shape index (κ3) is 4.17. The van der Waals surface area contributed by atoms with Crippen LogP contribution in [0, 0.1) is 0 Å². The first kappa shape index (κ1) is 16.2. The molecule has 0 radical (unpaired) electrons. The molecule has 2 amide bonds. The van der Waals surface area contributed by atoms with Crippen LogP contribution in [0.1, 0.15) is 39.5 Å². The van der Waals surface area contributed by atoms with Crippen molar-refractivity contribution in [3.63, 3.8) is 0 Å². The lowest BCUT2D eigenvalue weighted by molar-refractivity contribution is -0.150. The van der Waals surface area contributed by atoms with E-state index in [-0.39, 0.29) is 17.9 Å². The van der Waals surface area contributed by atoms with Crippen LogP contribution in [0.4, 0.5) is 0 Å². The summed E-state index contributed by atoms with van der Waals surface area (Å²) in [6.07, 6.45) is 3.90. The molecular formula is C15H27N3O3. The van der Waals surface area contributed by atoms with Crippen LogP contribution in [0.15, 0.2) is 0 Å². The molecule has 120 valence electrons. The van der Waals surface area contributed by atoms with Crippen molar-refractivity contribution in [2.75, 3.05) is 26.3 Å². The van der Waals surface area contributed by atoms with Gasteiger partial charge in [0.05, 0.1) is 19.3 Å². The van der Waals surface area contributed by atoms with Gasteiger partial charge in [0.15, 0.2) is 0 Å². The first-order valence-corrected chi connectivity index (χ1v) is 8.05. The van der Waals surface area contributed by atoms with Crippen LogP contribution in [-0.4, -0.2) is 61.1 Å². The number of nitrogens with zero attached hydrogens (tertiary/aromatic N) is 1. The van der Waals surface area contributed by atoms with Crippen LogP contribution in [0.5, 0.6) is 0 Å². The van der Waals surface area contributed by atoms with Crippen LogP contribution < -0.4 is 10.6 Å². The molecule has 0 bridgehead atoms. The highest BCUT2D eigenvalue weighted by Gasteiger charge is 2.36. The Morgan fingerprint density at radius 3 is 2.90 bits per heavy atom. The second kappa shape index (κ2) is 7.75. The Hall–Kier alpha value is -1.14. The lowest BCUT2D eigenvalue weighted by Gasteiger charge is -2.38. The largest absolute Gasteiger partial charge is 0.377 e. The Bertz CT molecular complexity index is 375. The topological polar surface area (TPSA) is 70.7 Å². The van der Waals surface area contributed by atoms with Gasteiger partial charge in [0, 0.05) is 19.1 Å². The van der Waals surface area contributed by atoms with Crippen LogP contribution in [0.25, 0.3) is 0 Å². The molecule has 21 heavy (non-hydrogen) atoms. The van der Waals surface area contributed by atoms with Crippen molar-refractivity contribution in [2.24, 2.45) is 0 Å². The van der Waals surface area contributed by atoms with Gasteiger partial charge < -0.3 is 20.3 Å². The number of carbonyl (C=O) groups excluding carboxylic acids is 2. The summed E-state index contributed by atoms with van der Waals surface area (Å²) in [4.78, 5) is 26.6. The fourth-order valence-corrected chi connectivity index (χ4v) is 2.98. The van der Waals surface area contributed by atoms with E-state index in [2.05, 4.69) is 17.6 Å². The van der Waals surface area contributed by atoms with Gasteiger partial charge in [-0.1, -0.05) is 6.92 Å². The number of carbonyl (C=O) groups is 2. The third-order valence-corrected chi connectivity index (χ3v) is 4.18. The summed E-state index contributed by atoms with van der Waals surface area (Å²) < 4.78 is 5.40. The molecule has 2 N–H and O–H groups in total. The van der Waals surface area contributed by atoms with E-state index in [1.807, 2.05) is 6.92 Å². The van der Waals surface area contributed by atoms with Gasteiger partial charge in [-0.15, -0.1) is 0 Å². The van der Waals surface area contributed by atoms with Crippen molar-refractivity contribution in [1.82, 2.24) is 15.5 Å².